The van der Waals surface area contributed by atoms with Crippen molar-refractivity contribution in [3.05, 3.63) is 53.0 Å². The van der Waals surface area contributed by atoms with E-state index >= 15 is 0 Å². The molecule has 2 aromatic rings. The van der Waals surface area contributed by atoms with E-state index in [1.165, 1.54) is 23.3 Å². The molecule has 1 aromatic carbocycles. The zero-order chi connectivity index (χ0) is 15.4. The number of aromatic carboxylic acids is 1. The number of aryl methyl sites for hydroxylation is 2. The predicted molar refractivity (Wildman–Crippen MR) is 78.8 cm³/mol. The van der Waals surface area contributed by atoms with E-state index in [1.807, 2.05) is 18.2 Å². The monoisotopic (exact) mass is 287 g/mol. The van der Waals surface area contributed by atoms with Crippen LogP contribution in [0.25, 0.3) is 0 Å². The van der Waals surface area contributed by atoms with Crippen LogP contribution in [0.4, 0.5) is 5.69 Å². The minimum atomic E-state index is -1.20. The number of carboxylic acid groups (broad SMARTS) is 1. The summed E-state index contributed by atoms with van der Waals surface area (Å²) in [6, 6.07) is 8.35. The Hall–Kier alpha value is -2.56. The van der Waals surface area contributed by atoms with E-state index in [0.717, 1.165) is 12.8 Å². The number of amides is 1. The number of furan rings is 1. The number of carboxylic acids is 1. The molecule has 21 heavy (non-hydrogen) atoms. The third-order valence-electron chi connectivity index (χ3n) is 3.27. The lowest BCUT2D eigenvalue weighted by Gasteiger charge is -2.09. The predicted octanol–water partition coefficient (Wildman–Crippen LogP) is 3.35. The zero-order valence-electron chi connectivity index (χ0n) is 12.0. The molecule has 2 rings (SSSR count). The van der Waals surface area contributed by atoms with E-state index < -0.39 is 11.9 Å². The molecule has 5 nitrogen and oxygen atoms in total. The Kier molecular flexibility index (Phi) is 4.42. The molecule has 0 saturated heterocycles. The Morgan fingerprint density at radius 2 is 1.71 bits per heavy atom. The first-order valence-electron chi connectivity index (χ1n) is 6.81. The van der Waals surface area contributed by atoms with Crippen molar-refractivity contribution >= 4 is 17.6 Å². The van der Waals surface area contributed by atoms with Crippen LogP contribution < -0.4 is 5.32 Å². The highest BCUT2D eigenvalue weighted by Gasteiger charge is 2.15. The fourth-order valence-electron chi connectivity index (χ4n) is 2.15. The molecule has 1 heterocycles. The summed E-state index contributed by atoms with van der Waals surface area (Å²) in [5.41, 5.74) is 3.10. The third-order valence-corrected chi connectivity index (χ3v) is 3.27. The van der Waals surface area contributed by atoms with Crippen molar-refractivity contribution in [1.29, 1.82) is 0 Å². The normalized spacial score (nSPS) is 10.4. The van der Waals surface area contributed by atoms with Gasteiger partial charge in [0.05, 0.1) is 0 Å². The van der Waals surface area contributed by atoms with Gasteiger partial charge < -0.3 is 14.8 Å². The van der Waals surface area contributed by atoms with Crippen molar-refractivity contribution in [3.8, 4) is 0 Å². The fourth-order valence-corrected chi connectivity index (χ4v) is 2.15. The van der Waals surface area contributed by atoms with Crippen LogP contribution in [0.5, 0.6) is 0 Å². The summed E-state index contributed by atoms with van der Waals surface area (Å²) in [4.78, 5) is 22.7. The van der Waals surface area contributed by atoms with Crippen LogP contribution in [0.1, 0.15) is 46.1 Å². The topological polar surface area (TPSA) is 79.5 Å². The minimum absolute atomic E-state index is 0.0231. The number of benzene rings is 1. The van der Waals surface area contributed by atoms with Crippen LogP contribution in [0.2, 0.25) is 0 Å². The van der Waals surface area contributed by atoms with Crippen molar-refractivity contribution in [2.45, 2.75) is 26.7 Å². The molecule has 5 heteroatoms. The molecule has 0 aliphatic carbocycles. The number of carbonyl (C=O) groups is 2. The van der Waals surface area contributed by atoms with Gasteiger partial charge in [0.25, 0.3) is 5.91 Å². The van der Waals surface area contributed by atoms with Crippen molar-refractivity contribution in [2.24, 2.45) is 0 Å². The lowest BCUT2D eigenvalue weighted by Crippen LogP contribution is -2.11. The molecular weight excluding hydrogens is 270 g/mol. The van der Waals surface area contributed by atoms with Crippen molar-refractivity contribution in [2.75, 3.05) is 5.32 Å². The fraction of sp³-hybridized carbons (Fsp3) is 0.250. The first-order chi connectivity index (χ1) is 10.0. The van der Waals surface area contributed by atoms with Gasteiger partial charge in [-0.1, -0.05) is 19.9 Å². The zero-order valence-corrected chi connectivity index (χ0v) is 12.0. The molecule has 0 spiro atoms. The van der Waals surface area contributed by atoms with Gasteiger partial charge in [0.2, 0.25) is 5.76 Å². The maximum atomic E-state index is 12.0. The summed E-state index contributed by atoms with van der Waals surface area (Å²) >= 11 is 0. The summed E-state index contributed by atoms with van der Waals surface area (Å²) in [5, 5.41) is 11.5. The van der Waals surface area contributed by atoms with Crippen LogP contribution in [-0.2, 0) is 12.8 Å². The van der Waals surface area contributed by atoms with E-state index in [0.29, 0.717) is 5.69 Å². The van der Waals surface area contributed by atoms with Crippen molar-refractivity contribution in [1.82, 2.24) is 0 Å². The van der Waals surface area contributed by atoms with E-state index in [-0.39, 0.29) is 11.5 Å². The van der Waals surface area contributed by atoms with E-state index in [2.05, 4.69) is 19.2 Å². The Morgan fingerprint density at radius 3 is 2.29 bits per heavy atom. The Morgan fingerprint density at radius 1 is 1.05 bits per heavy atom. The quantitative estimate of drug-likeness (QED) is 0.883. The summed E-state index contributed by atoms with van der Waals surface area (Å²) in [7, 11) is 0. The maximum Gasteiger partial charge on any atom is 0.371 e. The second-order valence-corrected chi connectivity index (χ2v) is 4.61. The highest BCUT2D eigenvalue weighted by molar-refractivity contribution is 6.03. The summed E-state index contributed by atoms with van der Waals surface area (Å²) in [5.74, 6) is -1.94. The molecule has 0 unspecified atom stereocenters. The molecule has 110 valence electrons. The van der Waals surface area contributed by atoms with Crippen LogP contribution >= 0.6 is 0 Å². The molecule has 0 atom stereocenters. The average Bonchev–Trinajstić information content (AvgIpc) is 2.97. The van der Waals surface area contributed by atoms with Gasteiger partial charge in [-0.3, -0.25) is 4.79 Å². The van der Waals surface area contributed by atoms with Gasteiger partial charge in [-0.15, -0.1) is 0 Å². The smallest absolute Gasteiger partial charge is 0.371 e. The summed E-state index contributed by atoms with van der Waals surface area (Å²) in [6.07, 6.45) is 1.83. The highest BCUT2D eigenvalue weighted by Crippen LogP contribution is 2.18. The second-order valence-electron chi connectivity index (χ2n) is 4.61. The van der Waals surface area contributed by atoms with Crippen molar-refractivity contribution in [3.63, 3.8) is 0 Å². The third kappa shape index (κ3) is 3.31. The minimum Gasteiger partial charge on any atom is -0.475 e. The SMILES string of the molecule is CCc1ccc(NC(=O)c2ccc(C(=O)O)o2)cc1CC. The molecule has 2 N–H and O–H groups in total. The first-order valence-corrected chi connectivity index (χ1v) is 6.81. The second kappa shape index (κ2) is 6.26. The van der Waals surface area contributed by atoms with Crippen molar-refractivity contribution < 1.29 is 19.1 Å². The van der Waals surface area contributed by atoms with E-state index in [4.69, 9.17) is 9.52 Å². The number of anilines is 1. The van der Waals surface area contributed by atoms with Crippen LogP contribution in [0, 0.1) is 0 Å². The summed E-state index contributed by atoms with van der Waals surface area (Å²) < 4.78 is 4.97. The maximum absolute atomic E-state index is 12.0. The largest absolute Gasteiger partial charge is 0.475 e. The Balaban J connectivity index is 2.17. The van der Waals surface area contributed by atoms with Gasteiger partial charge in [-0.25, -0.2) is 4.79 Å². The molecule has 0 saturated carbocycles. The molecule has 0 fully saturated rings. The Labute approximate surface area is 122 Å². The molecule has 0 bridgehead atoms. The van der Waals surface area contributed by atoms with Crippen LogP contribution in [0.3, 0.4) is 0 Å². The van der Waals surface area contributed by atoms with Gasteiger partial charge >= 0.3 is 5.97 Å². The number of rotatable bonds is 5. The standard InChI is InChI=1S/C16H17NO4/c1-3-10-5-6-12(9-11(10)4-2)17-15(18)13-7-8-14(21-13)16(19)20/h5-9H,3-4H2,1-2H3,(H,17,18)(H,19,20). The lowest BCUT2D eigenvalue weighted by molar-refractivity contribution is 0.0660. The highest BCUT2D eigenvalue weighted by atomic mass is 16.4. The number of hydrogen-bond donors (Lipinski definition) is 2. The lowest BCUT2D eigenvalue weighted by atomic mass is 10.0. The molecule has 1 aromatic heterocycles. The number of hydrogen-bond acceptors (Lipinski definition) is 3. The summed E-state index contributed by atoms with van der Waals surface area (Å²) in [6.45, 7) is 4.15. The Bertz CT molecular complexity index is 673. The van der Waals surface area contributed by atoms with Crippen LogP contribution in [0.15, 0.2) is 34.7 Å². The number of carbonyl (C=O) groups excluding carboxylic acids is 1. The van der Waals surface area contributed by atoms with Gasteiger partial charge in [-0.05, 0) is 48.2 Å². The van der Waals surface area contributed by atoms with Gasteiger partial charge in [0.1, 0.15) is 0 Å². The van der Waals surface area contributed by atoms with E-state index in [1.54, 1.807) is 0 Å². The average molecular weight is 287 g/mol. The van der Waals surface area contributed by atoms with Gasteiger partial charge in [-0.2, -0.15) is 0 Å². The van der Waals surface area contributed by atoms with Crippen LogP contribution in [-0.4, -0.2) is 17.0 Å². The molecule has 0 radical (unpaired) electrons. The van der Waals surface area contributed by atoms with E-state index in [9.17, 15) is 9.59 Å². The molecule has 0 aliphatic rings. The molecular formula is C16H17NO4. The molecule has 0 aliphatic heterocycles. The number of nitrogens with one attached hydrogen (secondary N) is 1. The van der Waals surface area contributed by atoms with Gasteiger partial charge in [0, 0.05) is 5.69 Å². The molecule has 1 amide bonds. The van der Waals surface area contributed by atoms with Gasteiger partial charge in [0.15, 0.2) is 5.76 Å². The first kappa shape index (κ1) is 14.8.